The Bertz CT molecular complexity index is 367. The molecule has 0 saturated heterocycles. The largest absolute Gasteiger partial charge is 0.0864 e. The zero-order valence-electron chi connectivity index (χ0n) is 26.2. The molecular weight excluding hydrogens is 674 g/mol. The fourth-order valence-corrected chi connectivity index (χ4v) is 7.28. The highest BCUT2D eigenvalue weighted by atomic mass is 127. The van der Waals surface area contributed by atoms with Gasteiger partial charge >= 0.3 is 0 Å². The zero-order valence-corrected chi connectivity index (χ0v) is 30.5. The van der Waals surface area contributed by atoms with Gasteiger partial charge in [-0.05, 0) is 46.9 Å². The standard InChI is InChI=1S/C18H37I.C16H33I.CH4/c1-5-16(6-2)11-9-12-17(7-3)13-10-14-18(8-4)15-19;1-4-15(5-2)12-10-13-16(6-3)11-8-7-9-14-17;/h16-18H,5-15H2,1-4H3;15-16H,4-14H2,1-3H3;1H4. The van der Waals surface area contributed by atoms with E-state index in [4.69, 9.17) is 0 Å². The number of alkyl halides is 2. The second-order valence-electron chi connectivity index (χ2n) is 11.7. The first-order valence-corrected chi connectivity index (χ1v) is 19.7. The van der Waals surface area contributed by atoms with Crippen LogP contribution < -0.4 is 0 Å². The summed E-state index contributed by atoms with van der Waals surface area (Å²) in [5.41, 5.74) is 0. The van der Waals surface area contributed by atoms with Gasteiger partial charge in [-0.3, -0.25) is 0 Å². The van der Waals surface area contributed by atoms with Crippen molar-refractivity contribution in [3.8, 4) is 0 Å². The number of hydrogen-bond donors (Lipinski definition) is 0. The molecule has 0 amide bonds. The van der Waals surface area contributed by atoms with Crippen molar-refractivity contribution in [1.29, 1.82) is 0 Å². The fraction of sp³-hybridized carbons (Fsp3) is 1.00. The first kappa shape index (κ1) is 42.9. The number of rotatable bonds is 25. The molecule has 0 fully saturated rings. The summed E-state index contributed by atoms with van der Waals surface area (Å²) in [6.45, 7) is 16.5. The molecule has 0 N–H and O–H groups in total. The molecule has 0 nitrogen and oxygen atoms in total. The van der Waals surface area contributed by atoms with Crippen molar-refractivity contribution in [2.75, 3.05) is 8.86 Å². The average molecular weight is 749 g/mol. The van der Waals surface area contributed by atoms with Gasteiger partial charge in [-0.15, -0.1) is 0 Å². The van der Waals surface area contributed by atoms with Crippen molar-refractivity contribution < 1.29 is 0 Å². The quantitative estimate of drug-likeness (QED) is 0.0495. The molecule has 0 aliphatic rings. The highest BCUT2D eigenvalue weighted by Gasteiger charge is 2.11. The van der Waals surface area contributed by atoms with E-state index in [0.29, 0.717) is 0 Å². The van der Waals surface area contributed by atoms with E-state index >= 15 is 0 Å². The average Bonchev–Trinajstić information content (AvgIpc) is 2.92. The molecule has 0 aliphatic heterocycles. The van der Waals surface area contributed by atoms with Crippen LogP contribution in [0, 0.1) is 29.6 Å². The van der Waals surface area contributed by atoms with Gasteiger partial charge in [0.1, 0.15) is 0 Å². The molecule has 3 atom stereocenters. The summed E-state index contributed by atoms with van der Waals surface area (Å²) >= 11 is 5.05. The molecule has 0 bridgehead atoms. The SMILES string of the molecule is C.CCC(CC)CCCC(CC)CCCC(CC)CI.CCC(CC)CCCC(CC)CCCCCI. The molecule has 0 aromatic rings. The van der Waals surface area contributed by atoms with Crippen molar-refractivity contribution in [2.45, 2.75) is 184 Å². The lowest BCUT2D eigenvalue weighted by Gasteiger charge is -2.18. The minimum absolute atomic E-state index is 0. The third-order valence-electron chi connectivity index (χ3n) is 9.18. The highest BCUT2D eigenvalue weighted by molar-refractivity contribution is 14.1. The summed E-state index contributed by atoms with van der Waals surface area (Å²) in [6, 6.07) is 0. The van der Waals surface area contributed by atoms with Crippen LogP contribution in [0.4, 0.5) is 0 Å². The zero-order chi connectivity index (χ0) is 27.4. The van der Waals surface area contributed by atoms with Crippen LogP contribution in [-0.2, 0) is 0 Å². The van der Waals surface area contributed by atoms with Gasteiger partial charge in [-0.1, -0.05) is 217 Å². The maximum Gasteiger partial charge on any atom is 0.00236 e. The molecule has 228 valence electrons. The van der Waals surface area contributed by atoms with E-state index in [1.54, 1.807) is 0 Å². The maximum atomic E-state index is 2.55. The molecule has 2 heteroatoms. The topological polar surface area (TPSA) is 0 Å². The van der Waals surface area contributed by atoms with Crippen molar-refractivity contribution in [2.24, 2.45) is 29.6 Å². The van der Waals surface area contributed by atoms with Gasteiger partial charge < -0.3 is 0 Å². The summed E-state index contributed by atoms with van der Waals surface area (Å²) < 4.78 is 2.68. The number of halogens is 2. The summed E-state index contributed by atoms with van der Waals surface area (Å²) in [6.07, 6.45) is 28.7. The Morgan fingerprint density at radius 1 is 0.351 bits per heavy atom. The van der Waals surface area contributed by atoms with Crippen LogP contribution in [-0.4, -0.2) is 8.86 Å². The third-order valence-corrected chi connectivity index (χ3v) is 11.2. The monoisotopic (exact) mass is 748 g/mol. The lowest BCUT2D eigenvalue weighted by atomic mass is 9.88. The van der Waals surface area contributed by atoms with Crippen LogP contribution in [0.1, 0.15) is 184 Å². The van der Waals surface area contributed by atoms with Gasteiger partial charge in [-0.2, -0.15) is 0 Å². The van der Waals surface area contributed by atoms with Crippen LogP contribution in [0.3, 0.4) is 0 Å². The van der Waals surface area contributed by atoms with Crippen LogP contribution >= 0.6 is 45.2 Å². The van der Waals surface area contributed by atoms with Crippen molar-refractivity contribution in [3.63, 3.8) is 0 Å². The lowest BCUT2D eigenvalue weighted by molar-refractivity contribution is 0.354. The van der Waals surface area contributed by atoms with E-state index in [0.717, 1.165) is 29.6 Å². The first-order chi connectivity index (χ1) is 17.5. The van der Waals surface area contributed by atoms with E-state index < -0.39 is 0 Å². The summed E-state index contributed by atoms with van der Waals surface area (Å²) in [5.74, 6) is 4.97. The summed E-state index contributed by atoms with van der Waals surface area (Å²) in [4.78, 5) is 0. The Kier molecular flexibility index (Phi) is 39.1. The molecule has 0 aliphatic carbocycles. The van der Waals surface area contributed by atoms with Gasteiger partial charge in [0.15, 0.2) is 0 Å². The van der Waals surface area contributed by atoms with Gasteiger partial charge in [0.2, 0.25) is 0 Å². The second-order valence-corrected chi connectivity index (χ2v) is 13.6. The van der Waals surface area contributed by atoms with E-state index in [-0.39, 0.29) is 7.43 Å². The van der Waals surface area contributed by atoms with Crippen LogP contribution in [0.15, 0.2) is 0 Å². The molecular formula is C35H74I2. The fourth-order valence-electron chi connectivity index (χ4n) is 5.68. The second kappa shape index (κ2) is 33.7. The molecule has 0 aromatic heterocycles. The first-order valence-electron chi connectivity index (χ1n) is 16.6. The Morgan fingerprint density at radius 2 is 0.649 bits per heavy atom. The number of hydrogen-bond acceptors (Lipinski definition) is 0. The predicted octanol–water partition coefficient (Wildman–Crippen LogP) is 14.5. The molecule has 0 rings (SSSR count). The van der Waals surface area contributed by atoms with Crippen LogP contribution in [0.5, 0.6) is 0 Å². The lowest BCUT2D eigenvalue weighted by Crippen LogP contribution is -2.05. The van der Waals surface area contributed by atoms with Crippen molar-refractivity contribution >= 4 is 45.2 Å². The van der Waals surface area contributed by atoms with E-state index in [1.165, 1.54) is 137 Å². The number of unbranched alkanes of at least 4 members (excludes halogenated alkanes) is 2. The Morgan fingerprint density at radius 3 is 0.946 bits per heavy atom. The minimum atomic E-state index is 0. The third kappa shape index (κ3) is 27.4. The molecule has 37 heavy (non-hydrogen) atoms. The van der Waals surface area contributed by atoms with E-state index in [1.807, 2.05) is 0 Å². The van der Waals surface area contributed by atoms with E-state index in [9.17, 15) is 0 Å². The molecule has 3 unspecified atom stereocenters. The highest BCUT2D eigenvalue weighted by Crippen LogP contribution is 2.26. The van der Waals surface area contributed by atoms with Crippen molar-refractivity contribution in [1.82, 2.24) is 0 Å². The van der Waals surface area contributed by atoms with Crippen molar-refractivity contribution in [3.05, 3.63) is 0 Å². The van der Waals surface area contributed by atoms with Gasteiger partial charge in [-0.25, -0.2) is 0 Å². The molecule has 0 radical (unpaired) electrons. The minimum Gasteiger partial charge on any atom is -0.0864 e. The molecule has 0 spiro atoms. The Balaban J connectivity index is -0.000000612. The maximum absolute atomic E-state index is 2.55. The van der Waals surface area contributed by atoms with E-state index in [2.05, 4.69) is 93.6 Å². The van der Waals surface area contributed by atoms with Gasteiger partial charge in [0, 0.05) is 4.43 Å². The molecule has 0 heterocycles. The normalized spacial score (nSPS) is 13.7. The molecule has 0 saturated carbocycles. The summed E-state index contributed by atoms with van der Waals surface area (Å²) in [5, 5.41) is 0. The van der Waals surface area contributed by atoms with Gasteiger partial charge in [0.25, 0.3) is 0 Å². The van der Waals surface area contributed by atoms with Crippen LogP contribution in [0.2, 0.25) is 0 Å². The predicted molar refractivity (Wildman–Crippen MR) is 194 cm³/mol. The van der Waals surface area contributed by atoms with Crippen LogP contribution in [0.25, 0.3) is 0 Å². The smallest absolute Gasteiger partial charge is 0.00236 e. The molecule has 0 aromatic carbocycles. The Hall–Kier alpha value is 1.46. The Labute approximate surface area is 266 Å². The van der Waals surface area contributed by atoms with Gasteiger partial charge in [0.05, 0.1) is 0 Å². The summed E-state index contributed by atoms with van der Waals surface area (Å²) in [7, 11) is 0.